The molecule has 86 valence electrons. The second kappa shape index (κ2) is 4.78. The van der Waals surface area contributed by atoms with Crippen LogP contribution in [0.1, 0.15) is 11.1 Å². The van der Waals surface area contributed by atoms with Gasteiger partial charge in [0.2, 0.25) is 0 Å². The standard InChI is InChI=1S/C14H12FNO/c1-10-2-5-12(8-14(10)15)16-9-11-3-6-13(17)7-4-11/h2-9,17H,1H3. The first-order chi connectivity index (χ1) is 8.15. The maximum atomic E-state index is 13.3. The van der Waals surface area contributed by atoms with Gasteiger partial charge in [-0.05, 0) is 54.4 Å². The SMILES string of the molecule is Cc1ccc(N=Cc2ccc(O)cc2)cc1F. The summed E-state index contributed by atoms with van der Waals surface area (Å²) in [6, 6.07) is 11.5. The van der Waals surface area contributed by atoms with Crippen molar-refractivity contribution in [3.63, 3.8) is 0 Å². The van der Waals surface area contributed by atoms with Gasteiger partial charge in [-0.2, -0.15) is 0 Å². The number of hydrogen-bond acceptors (Lipinski definition) is 2. The summed E-state index contributed by atoms with van der Waals surface area (Å²) in [5.41, 5.74) is 2.03. The van der Waals surface area contributed by atoms with E-state index in [1.807, 2.05) is 0 Å². The van der Waals surface area contributed by atoms with Gasteiger partial charge >= 0.3 is 0 Å². The molecule has 3 heteroatoms. The number of aromatic hydroxyl groups is 1. The van der Waals surface area contributed by atoms with Crippen molar-refractivity contribution in [3.05, 3.63) is 59.4 Å². The molecule has 0 spiro atoms. The third-order valence-electron chi connectivity index (χ3n) is 2.41. The molecule has 1 N–H and O–H groups in total. The molecule has 0 bridgehead atoms. The van der Waals surface area contributed by atoms with E-state index in [1.165, 1.54) is 6.07 Å². The van der Waals surface area contributed by atoms with E-state index in [9.17, 15) is 4.39 Å². The average Bonchev–Trinajstić information content (AvgIpc) is 2.33. The van der Waals surface area contributed by atoms with E-state index < -0.39 is 0 Å². The fourth-order valence-corrected chi connectivity index (χ4v) is 1.37. The van der Waals surface area contributed by atoms with Gasteiger partial charge in [-0.25, -0.2) is 4.39 Å². The van der Waals surface area contributed by atoms with Crippen molar-refractivity contribution in [1.82, 2.24) is 0 Å². The lowest BCUT2D eigenvalue weighted by Gasteiger charge is -1.98. The number of aliphatic imine (C=N–C) groups is 1. The summed E-state index contributed by atoms with van der Waals surface area (Å²) in [6.07, 6.45) is 1.63. The van der Waals surface area contributed by atoms with Gasteiger partial charge < -0.3 is 5.11 Å². The Morgan fingerprint density at radius 3 is 2.47 bits per heavy atom. The van der Waals surface area contributed by atoms with E-state index in [0.29, 0.717) is 11.3 Å². The number of aryl methyl sites for hydroxylation is 1. The Morgan fingerprint density at radius 1 is 1.12 bits per heavy atom. The van der Waals surface area contributed by atoms with E-state index in [4.69, 9.17) is 5.11 Å². The zero-order valence-corrected chi connectivity index (χ0v) is 9.39. The smallest absolute Gasteiger partial charge is 0.128 e. The van der Waals surface area contributed by atoms with Gasteiger partial charge in [0.1, 0.15) is 11.6 Å². The molecule has 0 fully saturated rings. The Kier molecular flexibility index (Phi) is 3.19. The van der Waals surface area contributed by atoms with E-state index in [2.05, 4.69) is 4.99 Å². The lowest BCUT2D eigenvalue weighted by atomic mass is 10.2. The Hall–Kier alpha value is -2.16. The van der Waals surface area contributed by atoms with Crippen molar-refractivity contribution in [2.24, 2.45) is 4.99 Å². The van der Waals surface area contributed by atoms with Crippen molar-refractivity contribution in [1.29, 1.82) is 0 Å². The first-order valence-electron chi connectivity index (χ1n) is 5.24. The van der Waals surface area contributed by atoms with Crippen LogP contribution in [0.3, 0.4) is 0 Å². The summed E-state index contributed by atoms with van der Waals surface area (Å²) in [5, 5.41) is 9.11. The zero-order chi connectivity index (χ0) is 12.3. The quantitative estimate of drug-likeness (QED) is 0.784. The van der Waals surface area contributed by atoms with Crippen LogP contribution in [0.4, 0.5) is 10.1 Å². The van der Waals surface area contributed by atoms with Crippen molar-refractivity contribution >= 4 is 11.9 Å². The highest BCUT2D eigenvalue weighted by Crippen LogP contribution is 2.16. The lowest BCUT2D eigenvalue weighted by Crippen LogP contribution is -1.82. The lowest BCUT2D eigenvalue weighted by molar-refractivity contribution is 0.475. The molecule has 0 amide bonds. The number of phenols is 1. The van der Waals surface area contributed by atoms with Crippen LogP contribution in [-0.2, 0) is 0 Å². The van der Waals surface area contributed by atoms with Crippen LogP contribution in [0, 0.1) is 12.7 Å². The molecule has 0 aliphatic heterocycles. The minimum Gasteiger partial charge on any atom is -0.508 e. The number of nitrogens with zero attached hydrogens (tertiary/aromatic N) is 1. The minimum atomic E-state index is -0.259. The van der Waals surface area contributed by atoms with Crippen molar-refractivity contribution in [2.45, 2.75) is 6.92 Å². The zero-order valence-electron chi connectivity index (χ0n) is 9.39. The molecule has 0 saturated heterocycles. The Bertz CT molecular complexity index is 547. The van der Waals surface area contributed by atoms with Gasteiger partial charge in [0, 0.05) is 6.21 Å². The van der Waals surface area contributed by atoms with Gasteiger partial charge in [-0.3, -0.25) is 4.99 Å². The van der Waals surface area contributed by atoms with E-state index in [-0.39, 0.29) is 11.6 Å². The fourth-order valence-electron chi connectivity index (χ4n) is 1.37. The molecular weight excluding hydrogens is 217 g/mol. The van der Waals surface area contributed by atoms with Crippen molar-refractivity contribution < 1.29 is 9.50 Å². The second-order valence-corrected chi connectivity index (χ2v) is 3.78. The fraction of sp³-hybridized carbons (Fsp3) is 0.0714. The maximum Gasteiger partial charge on any atom is 0.128 e. The third kappa shape index (κ3) is 2.91. The topological polar surface area (TPSA) is 32.6 Å². The molecule has 0 atom stereocenters. The van der Waals surface area contributed by atoms with Gasteiger partial charge in [0.25, 0.3) is 0 Å². The Labute approximate surface area is 99.1 Å². The van der Waals surface area contributed by atoms with Gasteiger partial charge in [0.15, 0.2) is 0 Å². The van der Waals surface area contributed by atoms with E-state index >= 15 is 0 Å². The average molecular weight is 229 g/mol. The highest BCUT2D eigenvalue weighted by atomic mass is 19.1. The minimum absolute atomic E-state index is 0.212. The Balaban J connectivity index is 2.20. The molecule has 0 aromatic heterocycles. The highest BCUT2D eigenvalue weighted by molar-refractivity contribution is 5.82. The summed E-state index contributed by atoms with van der Waals surface area (Å²) in [5.74, 6) is -0.0473. The summed E-state index contributed by atoms with van der Waals surface area (Å²) < 4.78 is 13.3. The number of rotatable bonds is 2. The first kappa shape index (κ1) is 11.3. The summed E-state index contributed by atoms with van der Waals surface area (Å²) in [6.45, 7) is 1.71. The van der Waals surface area contributed by atoms with Gasteiger partial charge in [-0.1, -0.05) is 6.07 Å². The van der Waals surface area contributed by atoms with E-state index in [1.54, 1.807) is 49.5 Å². The predicted octanol–water partition coefficient (Wildman–Crippen LogP) is 3.59. The molecule has 0 unspecified atom stereocenters. The van der Waals surface area contributed by atoms with Crippen LogP contribution in [0.5, 0.6) is 5.75 Å². The molecule has 0 saturated carbocycles. The van der Waals surface area contributed by atoms with Gasteiger partial charge in [-0.15, -0.1) is 0 Å². The van der Waals surface area contributed by atoms with Crippen LogP contribution >= 0.6 is 0 Å². The van der Waals surface area contributed by atoms with E-state index in [0.717, 1.165) is 5.56 Å². The van der Waals surface area contributed by atoms with Gasteiger partial charge in [0.05, 0.1) is 5.69 Å². The summed E-state index contributed by atoms with van der Waals surface area (Å²) >= 11 is 0. The van der Waals surface area contributed by atoms with Crippen LogP contribution in [0.25, 0.3) is 0 Å². The molecule has 2 nitrogen and oxygen atoms in total. The first-order valence-corrected chi connectivity index (χ1v) is 5.24. The number of hydrogen-bond donors (Lipinski definition) is 1. The highest BCUT2D eigenvalue weighted by Gasteiger charge is 1.97. The molecule has 0 aliphatic rings. The van der Waals surface area contributed by atoms with Crippen molar-refractivity contribution in [2.75, 3.05) is 0 Å². The third-order valence-corrected chi connectivity index (χ3v) is 2.41. The predicted molar refractivity (Wildman–Crippen MR) is 66.5 cm³/mol. The second-order valence-electron chi connectivity index (χ2n) is 3.78. The van der Waals surface area contributed by atoms with Crippen LogP contribution in [-0.4, -0.2) is 11.3 Å². The molecule has 0 heterocycles. The van der Waals surface area contributed by atoms with Crippen LogP contribution in [0.2, 0.25) is 0 Å². The number of halogens is 1. The molecule has 0 aliphatic carbocycles. The molecular formula is C14H12FNO. The normalized spacial score (nSPS) is 10.9. The molecule has 17 heavy (non-hydrogen) atoms. The molecule has 0 radical (unpaired) electrons. The van der Waals surface area contributed by atoms with Crippen LogP contribution in [0.15, 0.2) is 47.5 Å². The monoisotopic (exact) mass is 229 g/mol. The maximum absolute atomic E-state index is 13.3. The summed E-state index contributed by atoms with van der Waals surface area (Å²) in [7, 11) is 0. The number of benzene rings is 2. The van der Waals surface area contributed by atoms with Crippen LogP contribution < -0.4 is 0 Å². The largest absolute Gasteiger partial charge is 0.508 e. The summed E-state index contributed by atoms with van der Waals surface area (Å²) in [4.78, 5) is 4.16. The molecule has 2 rings (SSSR count). The molecule has 2 aromatic rings. The number of phenolic OH excluding ortho intramolecular Hbond substituents is 1. The molecule has 2 aromatic carbocycles. The van der Waals surface area contributed by atoms with Crippen molar-refractivity contribution in [3.8, 4) is 5.75 Å². The Morgan fingerprint density at radius 2 is 1.82 bits per heavy atom.